The van der Waals surface area contributed by atoms with Crippen molar-refractivity contribution in [3.8, 4) is 5.75 Å². The van der Waals surface area contributed by atoms with Crippen LogP contribution < -0.4 is 10.3 Å². The molecular weight excluding hydrogens is 467 g/mol. The third-order valence-corrected chi connectivity index (χ3v) is 8.05. The zero-order chi connectivity index (χ0) is 25.3. The van der Waals surface area contributed by atoms with E-state index in [0.717, 1.165) is 10.9 Å². The minimum Gasteiger partial charge on any atom is -0.497 e. The first-order chi connectivity index (χ1) is 16.6. The molecule has 0 amide bonds. The normalized spacial score (nSPS) is 11.8. The van der Waals surface area contributed by atoms with E-state index in [2.05, 4.69) is 4.98 Å². The summed E-state index contributed by atoms with van der Waals surface area (Å²) in [5, 5.41) is 0.752. The topological polar surface area (TPSA) is 79.5 Å². The van der Waals surface area contributed by atoms with Crippen LogP contribution in [0, 0.1) is 26.6 Å². The van der Waals surface area contributed by atoms with Crippen LogP contribution in [-0.2, 0) is 23.1 Å². The summed E-state index contributed by atoms with van der Waals surface area (Å²) >= 11 is 0. The minimum atomic E-state index is -4.00. The van der Waals surface area contributed by atoms with E-state index < -0.39 is 15.8 Å². The van der Waals surface area contributed by atoms with Crippen molar-refractivity contribution in [2.45, 2.75) is 38.8 Å². The maximum atomic E-state index is 13.9. The minimum absolute atomic E-state index is 0.0184. The van der Waals surface area contributed by atoms with Gasteiger partial charge in [0.2, 0.25) is 10.0 Å². The molecule has 8 heteroatoms. The molecule has 1 aromatic heterocycles. The summed E-state index contributed by atoms with van der Waals surface area (Å²) in [7, 11) is -2.46. The molecule has 0 saturated carbocycles. The summed E-state index contributed by atoms with van der Waals surface area (Å²) in [4.78, 5) is 16.0. The van der Waals surface area contributed by atoms with Gasteiger partial charge in [0, 0.05) is 24.7 Å². The van der Waals surface area contributed by atoms with Gasteiger partial charge in [-0.1, -0.05) is 29.8 Å². The van der Waals surface area contributed by atoms with Crippen molar-refractivity contribution in [1.29, 1.82) is 0 Å². The Balaban J connectivity index is 1.82. The first-order valence-electron chi connectivity index (χ1n) is 11.1. The number of fused-ring (bicyclic) bond motifs is 1. The van der Waals surface area contributed by atoms with Gasteiger partial charge in [0.1, 0.15) is 11.6 Å². The molecule has 1 heterocycles. The van der Waals surface area contributed by atoms with Crippen molar-refractivity contribution in [3.63, 3.8) is 0 Å². The molecule has 6 nitrogen and oxygen atoms in total. The number of nitrogens with zero attached hydrogens (tertiary/aromatic N) is 1. The standard InChI is InChI=1S/C27H27FN2O4S/c1-17-11-18(2)26(19(3)12-17)35(32,33)30(15-20-5-8-23(28)9-6-20)16-22-13-21-7-10-24(34-4)14-25(21)29-27(22)31/h5-14H,15-16H2,1-4H3,(H,29,31). The highest BCUT2D eigenvalue weighted by Gasteiger charge is 2.29. The number of rotatable bonds is 7. The number of aromatic nitrogens is 1. The fourth-order valence-electron chi connectivity index (χ4n) is 4.38. The Bertz CT molecular complexity index is 1540. The van der Waals surface area contributed by atoms with Gasteiger partial charge in [-0.2, -0.15) is 4.31 Å². The van der Waals surface area contributed by atoms with Crippen molar-refractivity contribution < 1.29 is 17.5 Å². The number of benzene rings is 3. The van der Waals surface area contributed by atoms with E-state index >= 15 is 0 Å². The maximum absolute atomic E-state index is 13.9. The molecule has 4 aromatic rings. The Morgan fingerprint density at radius 2 is 1.57 bits per heavy atom. The second-order valence-electron chi connectivity index (χ2n) is 8.70. The number of halogens is 1. The van der Waals surface area contributed by atoms with Crippen LogP contribution in [0.3, 0.4) is 0 Å². The van der Waals surface area contributed by atoms with E-state index in [-0.39, 0.29) is 23.5 Å². The van der Waals surface area contributed by atoms with E-state index in [1.807, 2.05) is 19.1 Å². The second kappa shape index (κ2) is 9.64. The van der Waals surface area contributed by atoms with Crippen molar-refractivity contribution in [3.05, 3.63) is 105 Å². The van der Waals surface area contributed by atoms with Crippen LogP contribution in [0.1, 0.15) is 27.8 Å². The van der Waals surface area contributed by atoms with Crippen LogP contribution in [0.2, 0.25) is 0 Å². The van der Waals surface area contributed by atoms with E-state index in [1.54, 1.807) is 57.4 Å². The van der Waals surface area contributed by atoms with E-state index in [1.165, 1.54) is 16.4 Å². The molecule has 0 radical (unpaired) electrons. The molecular formula is C27H27FN2O4S. The van der Waals surface area contributed by atoms with Crippen molar-refractivity contribution in [2.24, 2.45) is 0 Å². The van der Waals surface area contributed by atoms with Crippen molar-refractivity contribution in [2.75, 3.05) is 7.11 Å². The van der Waals surface area contributed by atoms with Crippen molar-refractivity contribution >= 4 is 20.9 Å². The Labute approximate surface area is 204 Å². The number of ether oxygens (including phenoxy) is 1. The zero-order valence-electron chi connectivity index (χ0n) is 20.1. The number of hydrogen-bond acceptors (Lipinski definition) is 4. The SMILES string of the molecule is COc1ccc2cc(CN(Cc3ccc(F)cc3)S(=O)(=O)c3c(C)cc(C)cc3C)c(=O)[nH]c2c1. The largest absolute Gasteiger partial charge is 0.497 e. The van der Waals surface area contributed by atoms with Gasteiger partial charge in [0.05, 0.1) is 17.5 Å². The molecule has 0 unspecified atom stereocenters. The Morgan fingerprint density at radius 1 is 0.914 bits per heavy atom. The predicted molar refractivity (Wildman–Crippen MR) is 135 cm³/mol. The van der Waals surface area contributed by atoms with Gasteiger partial charge in [-0.05, 0) is 73.2 Å². The van der Waals surface area contributed by atoms with Gasteiger partial charge in [-0.3, -0.25) is 4.79 Å². The molecule has 0 aliphatic heterocycles. The Morgan fingerprint density at radius 3 is 2.20 bits per heavy atom. The molecule has 1 N–H and O–H groups in total. The summed E-state index contributed by atoms with van der Waals surface area (Å²) in [6.45, 7) is 5.27. The van der Waals surface area contributed by atoms with E-state index in [4.69, 9.17) is 4.74 Å². The number of methoxy groups -OCH3 is 1. The summed E-state index contributed by atoms with van der Waals surface area (Å²) in [6, 6.07) is 16.3. The molecule has 0 fully saturated rings. The predicted octanol–water partition coefficient (Wildman–Crippen LogP) is 4.99. The summed E-state index contributed by atoms with van der Waals surface area (Å²) < 4.78 is 47.9. The average molecular weight is 495 g/mol. The van der Waals surface area contributed by atoms with Crippen molar-refractivity contribution in [1.82, 2.24) is 9.29 Å². The maximum Gasteiger partial charge on any atom is 0.252 e. The highest BCUT2D eigenvalue weighted by molar-refractivity contribution is 7.89. The number of hydrogen-bond donors (Lipinski definition) is 1. The third kappa shape index (κ3) is 5.13. The summed E-state index contributed by atoms with van der Waals surface area (Å²) in [5.74, 6) is 0.196. The lowest BCUT2D eigenvalue weighted by Crippen LogP contribution is -2.33. The lowest BCUT2D eigenvalue weighted by Gasteiger charge is -2.24. The molecule has 0 bridgehead atoms. The lowest BCUT2D eigenvalue weighted by molar-refractivity contribution is 0.399. The van der Waals surface area contributed by atoms with Crippen LogP contribution in [0.5, 0.6) is 5.75 Å². The highest BCUT2D eigenvalue weighted by atomic mass is 32.2. The number of aryl methyl sites for hydroxylation is 3. The van der Waals surface area contributed by atoms with Gasteiger partial charge in [-0.15, -0.1) is 0 Å². The van der Waals surface area contributed by atoms with Crippen LogP contribution >= 0.6 is 0 Å². The number of H-pyrrole nitrogens is 1. The molecule has 0 aliphatic carbocycles. The molecule has 0 aliphatic rings. The highest BCUT2D eigenvalue weighted by Crippen LogP contribution is 2.28. The molecule has 4 rings (SSSR count). The van der Waals surface area contributed by atoms with E-state index in [0.29, 0.717) is 33.5 Å². The zero-order valence-corrected chi connectivity index (χ0v) is 20.9. The number of sulfonamides is 1. The fourth-order valence-corrected chi connectivity index (χ4v) is 6.20. The number of pyridine rings is 1. The smallest absolute Gasteiger partial charge is 0.252 e. The van der Waals surface area contributed by atoms with Gasteiger partial charge in [-0.25, -0.2) is 12.8 Å². The lowest BCUT2D eigenvalue weighted by atomic mass is 10.1. The molecule has 182 valence electrons. The van der Waals surface area contributed by atoms with Crippen LogP contribution in [0.25, 0.3) is 10.9 Å². The first-order valence-corrected chi connectivity index (χ1v) is 12.5. The van der Waals surface area contributed by atoms with Gasteiger partial charge >= 0.3 is 0 Å². The van der Waals surface area contributed by atoms with Crippen LogP contribution in [-0.4, -0.2) is 24.8 Å². The Kier molecular flexibility index (Phi) is 6.78. The summed E-state index contributed by atoms with van der Waals surface area (Å²) in [6.07, 6.45) is 0. The molecule has 35 heavy (non-hydrogen) atoms. The molecule has 0 saturated heterocycles. The number of nitrogens with one attached hydrogen (secondary N) is 1. The quantitative estimate of drug-likeness (QED) is 0.393. The van der Waals surface area contributed by atoms with E-state index in [9.17, 15) is 17.6 Å². The fraction of sp³-hybridized carbons (Fsp3) is 0.222. The number of aromatic amines is 1. The van der Waals surface area contributed by atoms with Crippen LogP contribution in [0.4, 0.5) is 4.39 Å². The third-order valence-electron chi connectivity index (χ3n) is 5.95. The first kappa shape index (κ1) is 24.6. The monoisotopic (exact) mass is 494 g/mol. The summed E-state index contributed by atoms with van der Waals surface area (Å²) in [5.41, 5.74) is 3.34. The van der Waals surface area contributed by atoms with Crippen LogP contribution in [0.15, 0.2) is 70.4 Å². The average Bonchev–Trinajstić information content (AvgIpc) is 2.79. The molecule has 0 atom stereocenters. The second-order valence-corrected chi connectivity index (χ2v) is 10.6. The van der Waals surface area contributed by atoms with Gasteiger partial charge in [0.25, 0.3) is 5.56 Å². The van der Waals surface area contributed by atoms with Gasteiger partial charge in [0.15, 0.2) is 0 Å². The Hall–Kier alpha value is -3.49. The van der Waals surface area contributed by atoms with Gasteiger partial charge < -0.3 is 9.72 Å². The molecule has 3 aromatic carbocycles. The molecule has 0 spiro atoms.